The summed E-state index contributed by atoms with van der Waals surface area (Å²) in [6, 6.07) is 7.91. The van der Waals surface area contributed by atoms with Crippen molar-refractivity contribution in [3.8, 4) is 5.75 Å². The summed E-state index contributed by atoms with van der Waals surface area (Å²) in [5, 5.41) is 0. The highest BCUT2D eigenvalue weighted by Gasteiger charge is 2.16. The van der Waals surface area contributed by atoms with Crippen molar-refractivity contribution in [2.24, 2.45) is 0 Å². The molecule has 0 unspecified atom stereocenters. The SMILES string of the molecule is CCOC(COc1ccc(C=CC2=[N+](C)CCO2)cc1)OCC. The van der Waals surface area contributed by atoms with Crippen molar-refractivity contribution < 1.29 is 23.5 Å². The Morgan fingerprint density at radius 3 is 2.39 bits per heavy atom. The Morgan fingerprint density at radius 2 is 1.83 bits per heavy atom. The number of nitrogens with zero attached hydrogens (tertiary/aromatic N) is 1. The largest absolute Gasteiger partial charge is 0.488 e. The predicted molar refractivity (Wildman–Crippen MR) is 90.0 cm³/mol. The van der Waals surface area contributed by atoms with Crippen molar-refractivity contribution in [3.05, 3.63) is 35.9 Å². The monoisotopic (exact) mass is 320 g/mol. The molecule has 0 atom stereocenters. The molecule has 0 saturated heterocycles. The molecule has 2 rings (SSSR count). The van der Waals surface area contributed by atoms with E-state index >= 15 is 0 Å². The molecule has 1 aromatic carbocycles. The van der Waals surface area contributed by atoms with Gasteiger partial charge in [-0.1, -0.05) is 12.1 Å². The molecular weight excluding hydrogens is 294 g/mol. The van der Waals surface area contributed by atoms with Crippen LogP contribution in [0.4, 0.5) is 0 Å². The molecule has 126 valence electrons. The van der Waals surface area contributed by atoms with Gasteiger partial charge in [0.1, 0.15) is 19.4 Å². The van der Waals surface area contributed by atoms with Crippen LogP contribution in [0, 0.1) is 0 Å². The quantitative estimate of drug-likeness (QED) is 0.518. The lowest BCUT2D eigenvalue weighted by Crippen LogP contribution is -2.25. The molecule has 23 heavy (non-hydrogen) atoms. The summed E-state index contributed by atoms with van der Waals surface area (Å²) in [5.74, 6) is 1.70. The molecule has 1 heterocycles. The lowest BCUT2D eigenvalue weighted by molar-refractivity contribution is -0.486. The fraction of sp³-hybridized carbons (Fsp3) is 0.500. The normalized spacial score (nSPS) is 14.8. The van der Waals surface area contributed by atoms with Gasteiger partial charge in [-0.3, -0.25) is 0 Å². The molecule has 0 bridgehead atoms. The third kappa shape index (κ3) is 5.69. The van der Waals surface area contributed by atoms with Crippen LogP contribution in [0.1, 0.15) is 19.4 Å². The average Bonchev–Trinajstić information content (AvgIpc) is 2.97. The number of hydrogen-bond acceptors (Lipinski definition) is 4. The van der Waals surface area contributed by atoms with Gasteiger partial charge in [-0.15, -0.1) is 0 Å². The minimum Gasteiger partial charge on any atom is -0.488 e. The summed E-state index contributed by atoms with van der Waals surface area (Å²) in [5.41, 5.74) is 1.10. The Kier molecular flexibility index (Phi) is 7.10. The van der Waals surface area contributed by atoms with Gasteiger partial charge in [-0.2, -0.15) is 4.58 Å². The van der Waals surface area contributed by atoms with Crippen LogP contribution in [0.25, 0.3) is 6.08 Å². The molecule has 5 nitrogen and oxygen atoms in total. The van der Waals surface area contributed by atoms with Crippen LogP contribution in [-0.4, -0.2) is 56.8 Å². The first-order valence-corrected chi connectivity index (χ1v) is 8.08. The summed E-state index contributed by atoms with van der Waals surface area (Å²) in [4.78, 5) is 0. The van der Waals surface area contributed by atoms with Crippen molar-refractivity contribution in [1.82, 2.24) is 0 Å². The van der Waals surface area contributed by atoms with Crippen LogP contribution >= 0.6 is 0 Å². The van der Waals surface area contributed by atoms with E-state index in [0.717, 1.165) is 30.4 Å². The average molecular weight is 320 g/mol. The summed E-state index contributed by atoms with van der Waals surface area (Å²) in [7, 11) is 2.02. The zero-order valence-electron chi connectivity index (χ0n) is 14.2. The zero-order valence-corrected chi connectivity index (χ0v) is 14.2. The second kappa shape index (κ2) is 9.33. The smallest absolute Gasteiger partial charge is 0.362 e. The van der Waals surface area contributed by atoms with E-state index in [0.29, 0.717) is 19.8 Å². The first kappa shape index (κ1) is 17.5. The van der Waals surface area contributed by atoms with E-state index in [1.165, 1.54) is 0 Å². The van der Waals surface area contributed by atoms with E-state index < -0.39 is 0 Å². The predicted octanol–water partition coefficient (Wildman–Crippen LogP) is 2.55. The fourth-order valence-electron chi connectivity index (χ4n) is 2.21. The van der Waals surface area contributed by atoms with Gasteiger partial charge >= 0.3 is 5.90 Å². The number of hydrogen-bond donors (Lipinski definition) is 0. The van der Waals surface area contributed by atoms with Crippen molar-refractivity contribution in [2.75, 3.05) is 40.0 Å². The Labute approximate surface area is 138 Å². The van der Waals surface area contributed by atoms with Crippen LogP contribution in [0.3, 0.4) is 0 Å². The van der Waals surface area contributed by atoms with Crippen LogP contribution < -0.4 is 4.74 Å². The molecule has 5 heteroatoms. The standard InChI is InChI=1S/C18H26NO4/c1-4-20-18(21-5-2)14-23-16-9-6-15(7-10-16)8-11-17-19(3)12-13-22-17/h6-11,18H,4-5,12-14H2,1-3H3/q+1. The van der Waals surface area contributed by atoms with Crippen molar-refractivity contribution in [3.63, 3.8) is 0 Å². The van der Waals surface area contributed by atoms with E-state index in [4.69, 9.17) is 18.9 Å². The van der Waals surface area contributed by atoms with Crippen LogP contribution in [0.5, 0.6) is 5.75 Å². The second-order valence-electron chi connectivity index (χ2n) is 5.16. The number of rotatable bonds is 9. The van der Waals surface area contributed by atoms with Crippen molar-refractivity contribution >= 4 is 12.0 Å². The molecule has 1 aromatic rings. The molecule has 0 N–H and O–H groups in total. The minimum absolute atomic E-state index is 0.323. The highest BCUT2D eigenvalue weighted by atomic mass is 16.7. The molecule has 0 fully saturated rings. The Balaban J connectivity index is 1.86. The lowest BCUT2D eigenvalue weighted by Gasteiger charge is -2.17. The van der Waals surface area contributed by atoms with Gasteiger partial charge in [-0.25, -0.2) is 0 Å². The zero-order chi connectivity index (χ0) is 16.5. The van der Waals surface area contributed by atoms with Gasteiger partial charge in [0.05, 0.1) is 6.08 Å². The van der Waals surface area contributed by atoms with Crippen LogP contribution in [0.15, 0.2) is 30.3 Å². The number of benzene rings is 1. The number of ether oxygens (including phenoxy) is 4. The maximum absolute atomic E-state index is 5.71. The van der Waals surface area contributed by atoms with Crippen molar-refractivity contribution in [1.29, 1.82) is 0 Å². The maximum Gasteiger partial charge on any atom is 0.362 e. The van der Waals surface area contributed by atoms with E-state index in [-0.39, 0.29) is 6.29 Å². The Bertz CT molecular complexity index is 530. The van der Waals surface area contributed by atoms with Gasteiger partial charge in [0.15, 0.2) is 19.4 Å². The third-order valence-electron chi connectivity index (χ3n) is 3.44. The summed E-state index contributed by atoms with van der Waals surface area (Å²) < 4.78 is 24.2. The molecule has 0 aromatic heterocycles. The molecule has 0 aliphatic carbocycles. The van der Waals surface area contributed by atoms with E-state index in [9.17, 15) is 0 Å². The summed E-state index contributed by atoms with van der Waals surface area (Å²) in [6.45, 7) is 7.16. The minimum atomic E-state index is -0.323. The summed E-state index contributed by atoms with van der Waals surface area (Å²) in [6.07, 6.45) is 3.70. The second-order valence-corrected chi connectivity index (χ2v) is 5.16. The molecule has 1 aliphatic heterocycles. The topological polar surface area (TPSA) is 39.9 Å². The van der Waals surface area contributed by atoms with E-state index in [1.54, 1.807) is 0 Å². The third-order valence-corrected chi connectivity index (χ3v) is 3.44. The lowest BCUT2D eigenvalue weighted by atomic mass is 10.2. The van der Waals surface area contributed by atoms with Crippen LogP contribution in [0.2, 0.25) is 0 Å². The molecule has 0 spiro atoms. The van der Waals surface area contributed by atoms with E-state index in [1.807, 2.05) is 57.3 Å². The molecule has 0 saturated carbocycles. The first-order valence-electron chi connectivity index (χ1n) is 8.08. The van der Waals surface area contributed by atoms with Gasteiger partial charge in [-0.05, 0) is 37.6 Å². The van der Waals surface area contributed by atoms with Gasteiger partial charge in [0.2, 0.25) is 0 Å². The van der Waals surface area contributed by atoms with E-state index in [2.05, 4.69) is 4.58 Å². The molecule has 0 radical (unpaired) electrons. The Morgan fingerprint density at radius 1 is 1.13 bits per heavy atom. The number of likely N-dealkylation sites (N-methyl/N-ethyl adjacent to an activating group) is 1. The van der Waals surface area contributed by atoms with Gasteiger partial charge in [0, 0.05) is 13.2 Å². The maximum atomic E-state index is 5.71. The first-order chi connectivity index (χ1) is 11.2. The summed E-state index contributed by atoms with van der Waals surface area (Å²) >= 11 is 0. The molecule has 0 amide bonds. The van der Waals surface area contributed by atoms with Gasteiger partial charge < -0.3 is 18.9 Å². The van der Waals surface area contributed by atoms with Gasteiger partial charge in [0.25, 0.3) is 0 Å². The molecule has 1 aliphatic rings. The Hall–Kier alpha value is -1.85. The highest BCUT2D eigenvalue weighted by molar-refractivity contribution is 5.88. The highest BCUT2D eigenvalue weighted by Crippen LogP contribution is 2.14. The molecular formula is C18H26NO4+. The van der Waals surface area contributed by atoms with Crippen LogP contribution in [-0.2, 0) is 14.2 Å². The van der Waals surface area contributed by atoms with Crippen molar-refractivity contribution in [2.45, 2.75) is 20.1 Å². The fourth-order valence-corrected chi connectivity index (χ4v) is 2.21.